The van der Waals surface area contributed by atoms with Gasteiger partial charge in [0.1, 0.15) is 0 Å². The van der Waals surface area contributed by atoms with Crippen LogP contribution in [0.4, 0.5) is 0 Å². The number of rotatable bonds is 5. The van der Waals surface area contributed by atoms with Crippen LogP contribution in [0.15, 0.2) is 5.16 Å². The van der Waals surface area contributed by atoms with E-state index >= 15 is 0 Å². The smallest absolute Gasteiger partial charge is 0.209 e. The van der Waals surface area contributed by atoms with Crippen molar-refractivity contribution in [3.63, 3.8) is 0 Å². The predicted octanol–water partition coefficient (Wildman–Crippen LogP) is 1.63. The van der Waals surface area contributed by atoms with Crippen LogP contribution in [-0.2, 0) is 0 Å². The third-order valence-electron chi connectivity index (χ3n) is 3.47. The van der Waals surface area contributed by atoms with Crippen molar-refractivity contribution >= 4 is 11.8 Å². The summed E-state index contributed by atoms with van der Waals surface area (Å²) < 4.78 is 2.00. The van der Waals surface area contributed by atoms with Crippen molar-refractivity contribution in [3.8, 4) is 0 Å². The number of thioether (sulfide) groups is 1. The molecule has 6 heteroatoms. The molecule has 94 valence electrons. The Morgan fingerprint density at radius 1 is 1.29 bits per heavy atom. The Balaban J connectivity index is 1.45. The van der Waals surface area contributed by atoms with E-state index in [-0.39, 0.29) is 0 Å². The summed E-state index contributed by atoms with van der Waals surface area (Å²) in [5, 5.41) is 16.5. The van der Waals surface area contributed by atoms with Gasteiger partial charge in [0, 0.05) is 11.8 Å². The first-order valence-electron chi connectivity index (χ1n) is 6.57. The summed E-state index contributed by atoms with van der Waals surface area (Å²) in [5.41, 5.74) is 0. The van der Waals surface area contributed by atoms with Crippen molar-refractivity contribution in [2.24, 2.45) is 0 Å². The van der Waals surface area contributed by atoms with Gasteiger partial charge in [0.25, 0.3) is 0 Å². The molecule has 1 aliphatic carbocycles. The molecule has 3 rings (SSSR count). The number of nitrogens with zero attached hydrogens (tertiary/aromatic N) is 4. The van der Waals surface area contributed by atoms with Gasteiger partial charge >= 0.3 is 0 Å². The molecule has 0 aromatic carbocycles. The van der Waals surface area contributed by atoms with Crippen molar-refractivity contribution in [2.75, 3.05) is 12.3 Å². The molecule has 5 nitrogen and oxygen atoms in total. The first-order chi connectivity index (χ1) is 8.43. The average molecular weight is 253 g/mol. The number of piperidine rings is 1. The van der Waals surface area contributed by atoms with Crippen molar-refractivity contribution in [1.29, 1.82) is 0 Å². The molecule has 1 atom stereocenters. The Morgan fingerprint density at radius 2 is 2.24 bits per heavy atom. The van der Waals surface area contributed by atoms with E-state index in [4.69, 9.17) is 0 Å². The van der Waals surface area contributed by atoms with Gasteiger partial charge < -0.3 is 5.32 Å². The highest BCUT2D eigenvalue weighted by molar-refractivity contribution is 7.99. The molecule has 2 aliphatic rings. The van der Waals surface area contributed by atoms with Gasteiger partial charge in [0.2, 0.25) is 5.16 Å². The Kier molecular flexibility index (Phi) is 3.61. The van der Waals surface area contributed by atoms with Crippen LogP contribution in [0.25, 0.3) is 0 Å². The summed E-state index contributed by atoms with van der Waals surface area (Å²) >= 11 is 1.80. The van der Waals surface area contributed by atoms with Crippen LogP contribution < -0.4 is 5.32 Å². The zero-order chi connectivity index (χ0) is 11.5. The Hall–Kier alpha value is -0.620. The van der Waals surface area contributed by atoms with Crippen LogP contribution in [0, 0.1) is 0 Å². The van der Waals surface area contributed by atoms with Gasteiger partial charge in [0.15, 0.2) is 0 Å². The number of aromatic nitrogens is 4. The van der Waals surface area contributed by atoms with Gasteiger partial charge in [-0.3, -0.25) is 0 Å². The van der Waals surface area contributed by atoms with Gasteiger partial charge in [-0.1, -0.05) is 18.2 Å². The minimum atomic E-state index is 0.584. The van der Waals surface area contributed by atoms with Gasteiger partial charge in [-0.2, -0.15) is 0 Å². The van der Waals surface area contributed by atoms with Gasteiger partial charge in [0.05, 0.1) is 6.04 Å². The molecule has 0 amide bonds. The van der Waals surface area contributed by atoms with E-state index in [1.807, 2.05) is 4.68 Å². The Labute approximate surface area is 106 Å². The second kappa shape index (κ2) is 5.35. The van der Waals surface area contributed by atoms with Crippen LogP contribution in [0.5, 0.6) is 0 Å². The van der Waals surface area contributed by atoms with Gasteiger partial charge in [-0.15, -0.1) is 5.10 Å². The lowest BCUT2D eigenvalue weighted by molar-refractivity contribution is 0.394. The fraction of sp³-hybridized carbons (Fsp3) is 0.909. The standard InChI is InChI=1S/C11H19N5S/c1-2-7-12-9(3-1)6-8-17-11-13-14-15-16(11)10-4-5-10/h9-10,12H,1-8H2. The fourth-order valence-corrected chi connectivity index (χ4v) is 3.29. The lowest BCUT2D eigenvalue weighted by Gasteiger charge is -2.22. The zero-order valence-corrected chi connectivity index (χ0v) is 10.8. The van der Waals surface area contributed by atoms with E-state index in [9.17, 15) is 0 Å². The highest BCUT2D eigenvalue weighted by atomic mass is 32.2. The maximum atomic E-state index is 4.10. The molecule has 1 saturated carbocycles. The third kappa shape index (κ3) is 2.98. The Bertz CT molecular complexity index is 356. The molecule has 1 aliphatic heterocycles. The second-order valence-corrected chi connectivity index (χ2v) is 5.98. The lowest BCUT2D eigenvalue weighted by atomic mass is 10.0. The minimum Gasteiger partial charge on any atom is -0.314 e. The summed E-state index contributed by atoms with van der Waals surface area (Å²) in [5.74, 6) is 1.12. The molecule has 1 aromatic heterocycles. The first-order valence-corrected chi connectivity index (χ1v) is 7.56. The quantitative estimate of drug-likeness (QED) is 0.808. The first kappa shape index (κ1) is 11.5. The molecular weight excluding hydrogens is 234 g/mol. The minimum absolute atomic E-state index is 0.584. The van der Waals surface area contributed by atoms with E-state index in [0.717, 1.165) is 10.9 Å². The molecule has 1 unspecified atom stereocenters. The highest BCUT2D eigenvalue weighted by Crippen LogP contribution is 2.36. The Morgan fingerprint density at radius 3 is 3.00 bits per heavy atom. The van der Waals surface area contributed by atoms with E-state index in [0.29, 0.717) is 12.1 Å². The van der Waals surface area contributed by atoms with Crippen LogP contribution in [-0.4, -0.2) is 38.5 Å². The van der Waals surface area contributed by atoms with E-state index in [2.05, 4.69) is 20.8 Å². The summed E-state index contributed by atoms with van der Waals surface area (Å²) in [7, 11) is 0. The molecule has 1 N–H and O–H groups in total. The molecule has 17 heavy (non-hydrogen) atoms. The van der Waals surface area contributed by atoms with E-state index in [1.54, 1.807) is 11.8 Å². The van der Waals surface area contributed by atoms with Crippen molar-refractivity contribution < 1.29 is 0 Å². The summed E-state index contributed by atoms with van der Waals surface area (Å²) in [6.45, 7) is 1.19. The average Bonchev–Trinajstić information content (AvgIpc) is 3.11. The van der Waals surface area contributed by atoms with E-state index in [1.165, 1.54) is 45.1 Å². The maximum Gasteiger partial charge on any atom is 0.209 e. The van der Waals surface area contributed by atoms with Crippen LogP contribution >= 0.6 is 11.8 Å². The largest absolute Gasteiger partial charge is 0.314 e. The highest BCUT2D eigenvalue weighted by Gasteiger charge is 2.27. The topological polar surface area (TPSA) is 55.6 Å². The number of nitrogens with one attached hydrogen (secondary N) is 1. The van der Waals surface area contributed by atoms with E-state index < -0.39 is 0 Å². The monoisotopic (exact) mass is 253 g/mol. The maximum absolute atomic E-state index is 4.10. The number of hydrogen-bond donors (Lipinski definition) is 1. The molecule has 1 aromatic rings. The van der Waals surface area contributed by atoms with Crippen LogP contribution in [0.2, 0.25) is 0 Å². The van der Waals surface area contributed by atoms with Crippen molar-refractivity contribution in [1.82, 2.24) is 25.5 Å². The number of hydrogen-bond acceptors (Lipinski definition) is 5. The van der Waals surface area contributed by atoms with Gasteiger partial charge in [-0.05, 0) is 49.1 Å². The molecule has 2 heterocycles. The van der Waals surface area contributed by atoms with Gasteiger partial charge in [-0.25, -0.2) is 4.68 Å². The van der Waals surface area contributed by atoms with Crippen LogP contribution in [0.1, 0.15) is 44.6 Å². The molecule has 0 bridgehead atoms. The molecule has 0 radical (unpaired) electrons. The SMILES string of the molecule is C1CCC(CCSc2nnnn2C2CC2)NC1. The molecule has 2 fully saturated rings. The lowest BCUT2D eigenvalue weighted by Crippen LogP contribution is -2.34. The second-order valence-electron chi connectivity index (χ2n) is 4.92. The molecular formula is C11H19N5S. The normalized spacial score (nSPS) is 25.1. The fourth-order valence-electron chi connectivity index (χ4n) is 2.29. The third-order valence-corrected chi connectivity index (χ3v) is 4.43. The summed E-state index contributed by atoms with van der Waals surface area (Å²) in [6, 6.07) is 1.29. The number of tetrazole rings is 1. The van der Waals surface area contributed by atoms with Crippen LogP contribution in [0.3, 0.4) is 0 Å². The summed E-state index contributed by atoms with van der Waals surface area (Å²) in [4.78, 5) is 0. The zero-order valence-electron chi connectivity index (χ0n) is 10.0. The van der Waals surface area contributed by atoms with Crippen molar-refractivity contribution in [3.05, 3.63) is 0 Å². The van der Waals surface area contributed by atoms with Crippen molar-refractivity contribution in [2.45, 2.75) is 55.8 Å². The predicted molar refractivity (Wildman–Crippen MR) is 67.1 cm³/mol. The molecule has 0 spiro atoms. The summed E-state index contributed by atoms with van der Waals surface area (Å²) in [6.07, 6.45) is 7.74. The molecule has 1 saturated heterocycles.